The molecule has 2 rings (SSSR count). The summed E-state index contributed by atoms with van der Waals surface area (Å²) < 4.78 is 0. The third-order valence-corrected chi connectivity index (χ3v) is 2.62. The van der Waals surface area contributed by atoms with E-state index in [0.717, 1.165) is 18.4 Å². The van der Waals surface area contributed by atoms with E-state index in [-0.39, 0.29) is 18.0 Å². The summed E-state index contributed by atoms with van der Waals surface area (Å²) in [6.45, 7) is 0. The molecule has 0 saturated carbocycles. The van der Waals surface area contributed by atoms with Gasteiger partial charge in [0.2, 0.25) is 5.91 Å². The maximum atomic E-state index is 11.3. The summed E-state index contributed by atoms with van der Waals surface area (Å²) in [7, 11) is 0. The Kier molecular flexibility index (Phi) is 2.50. The van der Waals surface area contributed by atoms with Gasteiger partial charge in [0, 0.05) is 0 Å². The maximum absolute atomic E-state index is 11.3. The first-order chi connectivity index (χ1) is 6.77. The second kappa shape index (κ2) is 3.80. The fraction of sp³-hybridized carbons (Fsp3) is 0.364. The number of nitrogens with one attached hydrogen (secondary N) is 1. The van der Waals surface area contributed by atoms with Gasteiger partial charge < -0.3 is 11.1 Å². The van der Waals surface area contributed by atoms with Crippen LogP contribution in [0.4, 0.5) is 0 Å². The number of rotatable bonds is 1. The number of hydrogen-bond donors (Lipinski definition) is 2. The number of benzene rings is 1. The summed E-state index contributed by atoms with van der Waals surface area (Å²) in [5.74, 6) is -0.0369. The molecule has 0 bridgehead atoms. The van der Waals surface area contributed by atoms with Gasteiger partial charge >= 0.3 is 0 Å². The van der Waals surface area contributed by atoms with Crippen LogP contribution in [-0.2, 0) is 4.79 Å². The summed E-state index contributed by atoms with van der Waals surface area (Å²) >= 11 is 0. The maximum Gasteiger partial charge on any atom is 0.237 e. The molecule has 2 unspecified atom stereocenters. The highest BCUT2D eigenvalue weighted by atomic mass is 16.2. The molecular formula is C11H14N2O. The average molecular weight is 190 g/mol. The lowest BCUT2D eigenvalue weighted by atomic mass is 9.95. The standard InChI is InChI=1S/C11H14N2O/c12-9-6-7-10(13-11(9)14)8-4-2-1-3-5-8/h1-5,9-10H,6-7,12H2,(H,13,14). The van der Waals surface area contributed by atoms with Gasteiger partial charge in [0.25, 0.3) is 0 Å². The van der Waals surface area contributed by atoms with Crippen LogP contribution >= 0.6 is 0 Å². The van der Waals surface area contributed by atoms with E-state index < -0.39 is 0 Å². The molecule has 0 aliphatic carbocycles. The van der Waals surface area contributed by atoms with Gasteiger partial charge in [-0.15, -0.1) is 0 Å². The SMILES string of the molecule is NC1CCC(c2ccccc2)NC1=O. The third kappa shape index (κ3) is 1.77. The Balaban J connectivity index is 2.11. The Labute approximate surface area is 83.3 Å². The Morgan fingerprint density at radius 2 is 1.93 bits per heavy atom. The third-order valence-electron chi connectivity index (χ3n) is 2.62. The molecule has 3 nitrogen and oxygen atoms in total. The van der Waals surface area contributed by atoms with Crippen molar-refractivity contribution in [3.05, 3.63) is 35.9 Å². The smallest absolute Gasteiger partial charge is 0.237 e. The topological polar surface area (TPSA) is 55.1 Å². The van der Waals surface area contributed by atoms with Crippen LogP contribution in [0.1, 0.15) is 24.4 Å². The van der Waals surface area contributed by atoms with Crippen LogP contribution in [0.2, 0.25) is 0 Å². The van der Waals surface area contributed by atoms with Gasteiger partial charge in [-0.25, -0.2) is 0 Å². The van der Waals surface area contributed by atoms with Crippen molar-refractivity contribution in [1.82, 2.24) is 5.32 Å². The Morgan fingerprint density at radius 3 is 2.57 bits per heavy atom. The number of carbonyl (C=O) groups is 1. The van der Waals surface area contributed by atoms with Crippen LogP contribution in [0.25, 0.3) is 0 Å². The molecule has 0 aromatic heterocycles. The van der Waals surface area contributed by atoms with Crippen LogP contribution in [-0.4, -0.2) is 11.9 Å². The highest BCUT2D eigenvalue weighted by Gasteiger charge is 2.25. The van der Waals surface area contributed by atoms with Crippen molar-refractivity contribution in [2.45, 2.75) is 24.9 Å². The molecule has 0 radical (unpaired) electrons. The molecule has 1 aliphatic rings. The van der Waals surface area contributed by atoms with E-state index in [0.29, 0.717) is 0 Å². The fourth-order valence-electron chi connectivity index (χ4n) is 1.76. The molecule has 1 aliphatic heterocycles. The van der Waals surface area contributed by atoms with Crippen molar-refractivity contribution in [2.75, 3.05) is 0 Å². The first-order valence-electron chi connectivity index (χ1n) is 4.88. The molecule has 3 heteroatoms. The summed E-state index contributed by atoms with van der Waals surface area (Å²) in [6.07, 6.45) is 1.70. The second-order valence-electron chi connectivity index (χ2n) is 3.66. The lowest BCUT2D eigenvalue weighted by Gasteiger charge is -2.27. The van der Waals surface area contributed by atoms with Crippen molar-refractivity contribution in [3.8, 4) is 0 Å². The Morgan fingerprint density at radius 1 is 1.21 bits per heavy atom. The molecule has 1 heterocycles. The van der Waals surface area contributed by atoms with E-state index in [2.05, 4.69) is 5.32 Å². The molecule has 1 fully saturated rings. The quantitative estimate of drug-likeness (QED) is 0.693. The van der Waals surface area contributed by atoms with Gasteiger partial charge in [-0.05, 0) is 18.4 Å². The Hall–Kier alpha value is -1.35. The fourth-order valence-corrected chi connectivity index (χ4v) is 1.76. The van der Waals surface area contributed by atoms with Gasteiger partial charge in [0.1, 0.15) is 0 Å². The van der Waals surface area contributed by atoms with Gasteiger partial charge in [-0.3, -0.25) is 4.79 Å². The monoisotopic (exact) mass is 190 g/mol. The number of amides is 1. The van der Waals surface area contributed by atoms with Gasteiger partial charge in [-0.1, -0.05) is 30.3 Å². The highest BCUT2D eigenvalue weighted by molar-refractivity contribution is 5.82. The van der Waals surface area contributed by atoms with Crippen molar-refractivity contribution in [2.24, 2.45) is 5.73 Å². The average Bonchev–Trinajstić information content (AvgIpc) is 2.23. The van der Waals surface area contributed by atoms with Crippen LogP contribution < -0.4 is 11.1 Å². The van der Waals surface area contributed by atoms with Crippen LogP contribution in [0.15, 0.2) is 30.3 Å². The minimum absolute atomic E-state index is 0.0369. The first kappa shape index (κ1) is 9.21. The predicted molar refractivity (Wildman–Crippen MR) is 54.5 cm³/mol. The molecule has 3 N–H and O–H groups in total. The molecule has 1 amide bonds. The summed E-state index contributed by atoms with van der Waals surface area (Å²) in [5.41, 5.74) is 6.77. The lowest BCUT2D eigenvalue weighted by Crippen LogP contribution is -2.46. The van der Waals surface area contributed by atoms with Crippen molar-refractivity contribution in [1.29, 1.82) is 0 Å². The van der Waals surface area contributed by atoms with Crippen molar-refractivity contribution < 1.29 is 4.79 Å². The zero-order chi connectivity index (χ0) is 9.97. The van der Waals surface area contributed by atoms with E-state index >= 15 is 0 Å². The van der Waals surface area contributed by atoms with Crippen molar-refractivity contribution >= 4 is 5.91 Å². The van der Waals surface area contributed by atoms with E-state index in [1.165, 1.54) is 0 Å². The van der Waals surface area contributed by atoms with Crippen LogP contribution in [0, 0.1) is 0 Å². The summed E-state index contributed by atoms with van der Waals surface area (Å²) in [6, 6.07) is 9.81. The largest absolute Gasteiger partial charge is 0.348 e. The molecule has 1 aromatic carbocycles. The molecule has 14 heavy (non-hydrogen) atoms. The summed E-state index contributed by atoms with van der Waals surface area (Å²) in [5, 5.41) is 2.92. The van der Waals surface area contributed by atoms with Gasteiger partial charge in [-0.2, -0.15) is 0 Å². The molecule has 1 saturated heterocycles. The molecule has 1 aromatic rings. The molecule has 74 valence electrons. The molecular weight excluding hydrogens is 176 g/mol. The lowest BCUT2D eigenvalue weighted by molar-refractivity contribution is -0.124. The predicted octanol–water partition coefficient (Wildman–Crippen LogP) is 0.965. The molecule has 0 spiro atoms. The molecule has 2 atom stereocenters. The second-order valence-corrected chi connectivity index (χ2v) is 3.66. The van der Waals surface area contributed by atoms with Crippen molar-refractivity contribution in [3.63, 3.8) is 0 Å². The zero-order valence-electron chi connectivity index (χ0n) is 7.94. The number of piperidine rings is 1. The van der Waals surface area contributed by atoms with E-state index in [9.17, 15) is 4.79 Å². The van der Waals surface area contributed by atoms with Gasteiger partial charge in [0.15, 0.2) is 0 Å². The first-order valence-corrected chi connectivity index (χ1v) is 4.88. The number of carbonyl (C=O) groups excluding carboxylic acids is 1. The highest BCUT2D eigenvalue weighted by Crippen LogP contribution is 2.22. The van der Waals surface area contributed by atoms with Crippen LogP contribution in [0.3, 0.4) is 0 Å². The number of nitrogens with two attached hydrogens (primary N) is 1. The van der Waals surface area contributed by atoms with E-state index in [4.69, 9.17) is 5.73 Å². The van der Waals surface area contributed by atoms with E-state index in [1.54, 1.807) is 0 Å². The number of hydrogen-bond acceptors (Lipinski definition) is 2. The normalized spacial score (nSPS) is 27.1. The minimum Gasteiger partial charge on any atom is -0.348 e. The van der Waals surface area contributed by atoms with Gasteiger partial charge in [0.05, 0.1) is 12.1 Å². The Bertz CT molecular complexity index is 323. The minimum atomic E-state index is -0.324. The van der Waals surface area contributed by atoms with Crippen LogP contribution in [0.5, 0.6) is 0 Å². The summed E-state index contributed by atoms with van der Waals surface area (Å²) in [4.78, 5) is 11.3. The zero-order valence-corrected chi connectivity index (χ0v) is 7.94. The van der Waals surface area contributed by atoms with E-state index in [1.807, 2.05) is 30.3 Å².